The standard InChI is InChI=1S/C14H15NO2/c1-8-5-6-12-11(7-8)9-3-2-4-10(9)13(15-12)14(16)17/h2-3,5-7,9-10,13,15H,4H2,1H3,(H,16,17)/t9?,10?,13-/m1/s1. The third-order valence-electron chi connectivity index (χ3n) is 3.78. The van der Waals surface area contributed by atoms with Crippen molar-refractivity contribution in [2.75, 3.05) is 5.32 Å². The largest absolute Gasteiger partial charge is 0.480 e. The van der Waals surface area contributed by atoms with Crippen molar-refractivity contribution in [3.05, 3.63) is 41.5 Å². The fraction of sp³-hybridized carbons (Fsp3) is 0.357. The maximum atomic E-state index is 11.3. The first-order chi connectivity index (χ1) is 8.16. The lowest BCUT2D eigenvalue weighted by Gasteiger charge is -2.34. The Balaban J connectivity index is 2.09. The van der Waals surface area contributed by atoms with Crippen LogP contribution in [-0.4, -0.2) is 17.1 Å². The molecule has 17 heavy (non-hydrogen) atoms. The van der Waals surface area contributed by atoms with Gasteiger partial charge in [0.1, 0.15) is 6.04 Å². The number of carboxylic acids is 1. The van der Waals surface area contributed by atoms with Crippen LogP contribution in [0.5, 0.6) is 0 Å². The predicted octanol–water partition coefficient (Wildman–Crippen LogP) is 2.53. The van der Waals surface area contributed by atoms with Crippen LogP contribution >= 0.6 is 0 Å². The molecule has 2 aliphatic rings. The van der Waals surface area contributed by atoms with Gasteiger partial charge in [-0.2, -0.15) is 0 Å². The van der Waals surface area contributed by atoms with Gasteiger partial charge in [-0.05, 0) is 25.0 Å². The van der Waals surface area contributed by atoms with E-state index in [2.05, 4.69) is 30.5 Å². The van der Waals surface area contributed by atoms with Gasteiger partial charge in [0.25, 0.3) is 0 Å². The number of carboxylic acid groups (broad SMARTS) is 1. The van der Waals surface area contributed by atoms with Crippen molar-refractivity contribution in [3.63, 3.8) is 0 Å². The lowest BCUT2D eigenvalue weighted by molar-refractivity contribution is -0.139. The molecule has 1 aliphatic heterocycles. The smallest absolute Gasteiger partial charge is 0.326 e. The lowest BCUT2D eigenvalue weighted by atomic mass is 9.79. The van der Waals surface area contributed by atoms with E-state index in [1.54, 1.807) is 0 Å². The van der Waals surface area contributed by atoms with Crippen molar-refractivity contribution in [3.8, 4) is 0 Å². The van der Waals surface area contributed by atoms with Crippen LogP contribution in [0.25, 0.3) is 0 Å². The number of hydrogen-bond donors (Lipinski definition) is 2. The molecule has 2 N–H and O–H groups in total. The number of aliphatic carboxylic acids is 1. The van der Waals surface area contributed by atoms with Crippen molar-refractivity contribution in [1.82, 2.24) is 0 Å². The molecule has 0 fully saturated rings. The van der Waals surface area contributed by atoms with Crippen LogP contribution < -0.4 is 5.32 Å². The molecule has 3 rings (SSSR count). The minimum Gasteiger partial charge on any atom is -0.480 e. The van der Waals surface area contributed by atoms with Crippen LogP contribution in [-0.2, 0) is 4.79 Å². The number of nitrogens with one attached hydrogen (secondary N) is 1. The van der Waals surface area contributed by atoms with E-state index in [1.807, 2.05) is 12.1 Å². The summed E-state index contributed by atoms with van der Waals surface area (Å²) in [6.07, 6.45) is 5.10. The lowest BCUT2D eigenvalue weighted by Crippen LogP contribution is -2.41. The third kappa shape index (κ3) is 1.54. The number of benzene rings is 1. The van der Waals surface area contributed by atoms with Crippen LogP contribution in [0.3, 0.4) is 0 Å². The molecule has 1 aliphatic carbocycles. The topological polar surface area (TPSA) is 49.3 Å². The minimum absolute atomic E-state index is 0.154. The zero-order valence-corrected chi connectivity index (χ0v) is 9.68. The Morgan fingerprint density at radius 2 is 2.29 bits per heavy atom. The quantitative estimate of drug-likeness (QED) is 0.727. The number of fused-ring (bicyclic) bond motifs is 3. The van der Waals surface area contributed by atoms with Gasteiger partial charge in [0.15, 0.2) is 0 Å². The summed E-state index contributed by atoms with van der Waals surface area (Å²) in [5, 5.41) is 12.4. The van der Waals surface area contributed by atoms with Crippen LogP contribution in [0, 0.1) is 12.8 Å². The van der Waals surface area contributed by atoms with E-state index in [0.717, 1.165) is 12.1 Å². The van der Waals surface area contributed by atoms with Crippen LogP contribution in [0.4, 0.5) is 5.69 Å². The summed E-state index contributed by atoms with van der Waals surface area (Å²) in [6, 6.07) is 5.70. The second kappa shape index (κ2) is 3.62. The number of carbonyl (C=O) groups is 1. The highest BCUT2D eigenvalue weighted by Gasteiger charge is 2.40. The van der Waals surface area contributed by atoms with Crippen molar-refractivity contribution in [2.24, 2.45) is 5.92 Å². The Morgan fingerprint density at radius 3 is 3.06 bits per heavy atom. The van der Waals surface area contributed by atoms with Gasteiger partial charge in [-0.1, -0.05) is 29.8 Å². The van der Waals surface area contributed by atoms with Gasteiger partial charge in [-0.3, -0.25) is 0 Å². The summed E-state index contributed by atoms with van der Waals surface area (Å²) in [4.78, 5) is 11.3. The number of aryl methyl sites for hydroxylation is 1. The van der Waals surface area contributed by atoms with Gasteiger partial charge in [-0.15, -0.1) is 0 Å². The normalized spacial score (nSPS) is 29.4. The van der Waals surface area contributed by atoms with Crippen molar-refractivity contribution >= 4 is 11.7 Å². The van der Waals surface area contributed by atoms with Gasteiger partial charge in [0.05, 0.1) is 0 Å². The number of anilines is 1. The van der Waals surface area contributed by atoms with E-state index in [-0.39, 0.29) is 11.8 Å². The molecule has 0 bridgehead atoms. The Hall–Kier alpha value is -1.77. The number of allylic oxidation sites excluding steroid dienone is 2. The fourth-order valence-electron chi connectivity index (χ4n) is 2.96. The van der Waals surface area contributed by atoms with E-state index in [4.69, 9.17) is 0 Å². The minimum atomic E-state index is -0.755. The van der Waals surface area contributed by atoms with Gasteiger partial charge < -0.3 is 10.4 Å². The summed E-state index contributed by atoms with van der Waals surface area (Å²) in [5.41, 5.74) is 3.43. The van der Waals surface area contributed by atoms with Crippen molar-refractivity contribution in [2.45, 2.75) is 25.3 Å². The van der Waals surface area contributed by atoms with Crippen molar-refractivity contribution in [1.29, 1.82) is 0 Å². The molecule has 1 heterocycles. The highest BCUT2D eigenvalue weighted by molar-refractivity contribution is 5.80. The summed E-state index contributed by atoms with van der Waals surface area (Å²) >= 11 is 0. The molecule has 0 radical (unpaired) electrons. The fourth-order valence-corrected chi connectivity index (χ4v) is 2.96. The first-order valence-corrected chi connectivity index (χ1v) is 5.93. The Bertz CT molecular complexity index is 507. The van der Waals surface area contributed by atoms with Crippen LogP contribution in [0.15, 0.2) is 30.4 Å². The molecule has 1 aromatic carbocycles. The summed E-state index contributed by atoms with van der Waals surface area (Å²) in [6.45, 7) is 2.07. The second-order valence-electron chi connectivity index (χ2n) is 4.90. The zero-order valence-electron chi connectivity index (χ0n) is 9.68. The maximum absolute atomic E-state index is 11.3. The first kappa shape index (κ1) is 10.4. The van der Waals surface area contributed by atoms with Gasteiger partial charge >= 0.3 is 5.97 Å². The molecular weight excluding hydrogens is 214 g/mol. The van der Waals surface area contributed by atoms with Gasteiger partial charge in [-0.25, -0.2) is 4.79 Å². The molecule has 0 spiro atoms. The molecule has 1 aromatic rings. The number of hydrogen-bond acceptors (Lipinski definition) is 2. The summed E-state index contributed by atoms with van der Waals surface area (Å²) in [5.74, 6) is -0.344. The van der Waals surface area contributed by atoms with E-state index < -0.39 is 12.0 Å². The Morgan fingerprint density at radius 1 is 1.47 bits per heavy atom. The Labute approximate surface area is 100 Å². The molecule has 0 amide bonds. The van der Waals surface area contributed by atoms with Crippen molar-refractivity contribution < 1.29 is 9.90 Å². The molecule has 88 valence electrons. The number of rotatable bonds is 1. The Kier molecular flexibility index (Phi) is 2.21. The van der Waals surface area contributed by atoms with Gasteiger partial charge in [0.2, 0.25) is 0 Å². The SMILES string of the molecule is Cc1ccc2c(c1)C1C=CCC1[C@H](C(=O)O)N2. The summed E-state index contributed by atoms with van der Waals surface area (Å²) < 4.78 is 0. The maximum Gasteiger partial charge on any atom is 0.326 e. The average molecular weight is 229 g/mol. The summed E-state index contributed by atoms with van der Waals surface area (Å²) in [7, 11) is 0. The molecule has 0 aromatic heterocycles. The molecule has 2 unspecified atom stereocenters. The van der Waals surface area contributed by atoms with E-state index in [9.17, 15) is 9.90 Å². The van der Waals surface area contributed by atoms with Crippen LogP contribution in [0.2, 0.25) is 0 Å². The molecule has 3 heteroatoms. The molecule has 3 atom stereocenters. The predicted molar refractivity (Wildman–Crippen MR) is 66.2 cm³/mol. The van der Waals surface area contributed by atoms with E-state index >= 15 is 0 Å². The first-order valence-electron chi connectivity index (χ1n) is 5.93. The highest BCUT2D eigenvalue weighted by atomic mass is 16.4. The average Bonchev–Trinajstić information content (AvgIpc) is 2.76. The van der Waals surface area contributed by atoms with Gasteiger partial charge in [0, 0.05) is 17.5 Å². The highest BCUT2D eigenvalue weighted by Crippen LogP contribution is 2.44. The van der Waals surface area contributed by atoms with E-state index in [0.29, 0.717) is 0 Å². The molecule has 0 saturated carbocycles. The third-order valence-corrected chi connectivity index (χ3v) is 3.78. The second-order valence-corrected chi connectivity index (χ2v) is 4.90. The molecule has 3 nitrogen and oxygen atoms in total. The van der Waals surface area contributed by atoms with Crippen LogP contribution in [0.1, 0.15) is 23.5 Å². The monoisotopic (exact) mass is 229 g/mol. The molecular formula is C14H15NO2. The molecule has 0 saturated heterocycles. The van der Waals surface area contributed by atoms with E-state index in [1.165, 1.54) is 11.1 Å². The zero-order chi connectivity index (χ0) is 12.0.